The number of hydrogen-bond acceptors (Lipinski definition) is 3. The predicted molar refractivity (Wildman–Crippen MR) is 66.6 cm³/mol. The Kier molecular flexibility index (Phi) is 7.99. The van der Waals surface area contributed by atoms with Gasteiger partial charge >= 0.3 is 6.09 Å². The summed E-state index contributed by atoms with van der Waals surface area (Å²) in [4.78, 5) is 11.3. The van der Waals surface area contributed by atoms with Gasteiger partial charge in [-0.15, -0.1) is 0 Å². The summed E-state index contributed by atoms with van der Waals surface area (Å²) < 4.78 is 5.16. The summed E-state index contributed by atoms with van der Waals surface area (Å²) in [7, 11) is 0. The Morgan fingerprint density at radius 3 is 2.56 bits per heavy atom. The molecule has 0 aromatic rings. The maximum absolute atomic E-state index is 11.3. The molecule has 1 amide bonds. The molecule has 96 valence electrons. The van der Waals surface area contributed by atoms with Gasteiger partial charge in [0.15, 0.2) is 0 Å². The second kappa shape index (κ2) is 8.39. The number of nitrogens with one attached hydrogen (secondary N) is 2. The first-order chi connectivity index (χ1) is 7.52. The molecule has 0 bridgehead atoms. The average molecular weight is 230 g/mol. The summed E-state index contributed by atoms with van der Waals surface area (Å²) >= 11 is 0. The number of carbonyl (C=O) groups excluding carboxylic acids is 1. The van der Waals surface area contributed by atoms with Crippen molar-refractivity contribution < 1.29 is 9.53 Å². The van der Waals surface area contributed by atoms with Gasteiger partial charge in [-0.1, -0.05) is 34.1 Å². The van der Waals surface area contributed by atoms with E-state index in [4.69, 9.17) is 4.74 Å². The average Bonchev–Trinajstić information content (AvgIpc) is 2.24. The quantitative estimate of drug-likeness (QED) is 0.628. The van der Waals surface area contributed by atoms with Crippen LogP contribution in [0.1, 0.15) is 40.5 Å². The van der Waals surface area contributed by atoms with Crippen LogP contribution >= 0.6 is 0 Å². The van der Waals surface area contributed by atoms with Crippen molar-refractivity contribution in [2.75, 3.05) is 26.2 Å². The molecule has 0 aromatic carbocycles. The van der Waals surface area contributed by atoms with Crippen molar-refractivity contribution in [3.8, 4) is 0 Å². The fraction of sp³-hybridized carbons (Fsp3) is 0.917. The Morgan fingerprint density at radius 1 is 1.31 bits per heavy atom. The molecule has 0 spiro atoms. The van der Waals surface area contributed by atoms with E-state index >= 15 is 0 Å². The predicted octanol–water partition coefficient (Wildman–Crippen LogP) is 2.15. The molecule has 0 radical (unpaired) electrons. The summed E-state index contributed by atoms with van der Waals surface area (Å²) in [6, 6.07) is 0. The Bertz CT molecular complexity index is 193. The number of carbonyl (C=O) groups is 1. The summed E-state index contributed by atoms with van der Waals surface area (Å²) in [5, 5.41) is 5.98. The van der Waals surface area contributed by atoms with Crippen molar-refractivity contribution in [3.05, 3.63) is 0 Å². The minimum absolute atomic E-state index is 0.0158. The fourth-order valence-electron chi connectivity index (χ4n) is 1.19. The van der Waals surface area contributed by atoms with E-state index in [9.17, 15) is 4.79 Å². The van der Waals surface area contributed by atoms with Crippen LogP contribution in [0.15, 0.2) is 0 Å². The molecule has 0 heterocycles. The molecule has 0 fully saturated rings. The maximum atomic E-state index is 11.3. The first-order valence-corrected chi connectivity index (χ1v) is 6.13. The van der Waals surface area contributed by atoms with Crippen LogP contribution < -0.4 is 10.6 Å². The molecule has 16 heavy (non-hydrogen) atoms. The SMILES string of the molecule is CCCCNC(=O)OCC(C)(C)CNCC. The third-order valence-electron chi connectivity index (χ3n) is 2.25. The molecular weight excluding hydrogens is 204 g/mol. The molecule has 4 nitrogen and oxygen atoms in total. The molecule has 0 aliphatic rings. The van der Waals surface area contributed by atoms with Crippen molar-refractivity contribution >= 4 is 6.09 Å². The van der Waals surface area contributed by atoms with Crippen LogP contribution in [-0.2, 0) is 4.74 Å². The number of alkyl carbamates (subject to hydrolysis) is 1. The highest BCUT2D eigenvalue weighted by Gasteiger charge is 2.19. The lowest BCUT2D eigenvalue weighted by Crippen LogP contribution is -2.36. The van der Waals surface area contributed by atoms with Crippen molar-refractivity contribution in [1.82, 2.24) is 10.6 Å². The van der Waals surface area contributed by atoms with E-state index in [1.165, 1.54) is 0 Å². The van der Waals surface area contributed by atoms with E-state index in [0.717, 1.165) is 25.9 Å². The van der Waals surface area contributed by atoms with Gasteiger partial charge in [0, 0.05) is 18.5 Å². The summed E-state index contributed by atoms with van der Waals surface area (Å²) in [5.74, 6) is 0. The van der Waals surface area contributed by atoms with Gasteiger partial charge in [-0.25, -0.2) is 4.79 Å². The molecule has 0 atom stereocenters. The highest BCUT2D eigenvalue weighted by atomic mass is 16.5. The Morgan fingerprint density at radius 2 is 2.00 bits per heavy atom. The molecule has 0 saturated carbocycles. The van der Waals surface area contributed by atoms with Crippen LogP contribution in [0.4, 0.5) is 4.79 Å². The van der Waals surface area contributed by atoms with Crippen LogP contribution in [-0.4, -0.2) is 32.3 Å². The number of unbranched alkanes of at least 4 members (excludes halogenated alkanes) is 1. The lowest BCUT2D eigenvalue weighted by Gasteiger charge is -2.24. The zero-order valence-electron chi connectivity index (χ0n) is 11.1. The van der Waals surface area contributed by atoms with E-state index in [-0.39, 0.29) is 11.5 Å². The van der Waals surface area contributed by atoms with Crippen LogP contribution in [0.3, 0.4) is 0 Å². The molecule has 4 heteroatoms. The van der Waals surface area contributed by atoms with Crippen molar-refractivity contribution in [2.45, 2.75) is 40.5 Å². The molecule has 0 rings (SSSR count). The number of ether oxygens (including phenoxy) is 1. The zero-order valence-corrected chi connectivity index (χ0v) is 11.1. The lowest BCUT2D eigenvalue weighted by molar-refractivity contribution is 0.0983. The Labute approximate surface area is 99.1 Å². The van der Waals surface area contributed by atoms with Crippen molar-refractivity contribution in [2.24, 2.45) is 5.41 Å². The number of hydrogen-bond donors (Lipinski definition) is 2. The molecule has 0 aromatic heterocycles. The second-order valence-corrected chi connectivity index (χ2v) is 4.80. The minimum atomic E-state index is -0.307. The lowest BCUT2D eigenvalue weighted by atomic mass is 9.95. The first-order valence-electron chi connectivity index (χ1n) is 6.13. The minimum Gasteiger partial charge on any atom is -0.449 e. The Hall–Kier alpha value is -0.770. The van der Waals surface area contributed by atoms with E-state index in [1.54, 1.807) is 0 Å². The molecule has 0 aliphatic heterocycles. The summed E-state index contributed by atoms with van der Waals surface area (Å²) in [5.41, 5.74) is -0.0158. The largest absolute Gasteiger partial charge is 0.449 e. The molecule has 0 saturated heterocycles. The van der Waals surface area contributed by atoms with Gasteiger partial charge in [0.1, 0.15) is 0 Å². The third kappa shape index (κ3) is 8.53. The number of amides is 1. The van der Waals surface area contributed by atoms with E-state index < -0.39 is 0 Å². The van der Waals surface area contributed by atoms with Crippen molar-refractivity contribution in [3.63, 3.8) is 0 Å². The normalized spacial score (nSPS) is 11.2. The standard InChI is InChI=1S/C12H26N2O2/c1-5-7-8-14-11(15)16-10-12(3,4)9-13-6-2/h13H,5-10H2,1-4H3,(H,14,15). The second-order valence-electron chi connectivity index (χ2n) is 4.80. The van der Waals surface area contributed by atoms with Crippen LogP contribution in [0, 0.1) is 5.41 Å². The van der Waals surface area contributed by atoms with Crippen LogP contribution in [0.25, 0.3) is 0 Å². The van der Waals surface area contributed by atoms with Gasteiger partial charge in [0.05, 0.1) is 6.61 Å². The van der Waals surface area contributed by atoms with Crippen LogP contribution in [0.2, 0.25) is 0 Å². The molecular formula is C12H26N2O2. The van der Waals surface area contributed by atoms with Gasteiger partial charge in [0.25, 0.3) is 0 Å². The Balaban J connectivity index is 3.64. The summed E-state index contributed by atoms with van der Waals surface area (Å²) in [6.45, 7) is 11.2. The monoisotopic (exact) mass is 230 g/mol. The van der Waals surface area contributed by atoms with E-state index in [2.05, 4.69) is 38.3 Å². The van der Waals surface area contributed by atoms with E-state index in [1.807, 2.05) is 0 Å². The highest BCUT2D eigenvalue weighted by molar-refractivity contribution is 5.67. The highest BCUT2D eigenvalue weighted by Crippen LogP contribution is 2.13. The molecule has 0 unspecified atom stereocenters. The third-order valence-corrected chi connectivity index (χ3v) is 2.25. The van der Waals surface area contributed by atoms with Gasteiger partial charge in [-0.2, -0.15) is 0 Å². The van der Waals surface area contributed by atoms with Gasteiger partial charge in [-0.05, 0) is 13.0 Å². The van der Waals surface area contributed by atoms with Gasteiger partial charge in [0.2, 0.25) is 0 Å². The maximum Gasteiger partial charge on any atom is 0.407 e. The van der Waals surface area contributed by atoms with Gasteiger partial charge < -0.3 is 15.4 Å². The summed E-state index contributed by atoms with van der Waals surface area (Å²) in [6.07, 6.45) is 1.76. The zero-order chi connectivity index (χ0) is 12.4. The topological polar surface area (TPSA) is 50.4 Å². The van der Waals surface area contributed by atoms with Crippen molar-refractivity contribution in [1.29, 1.82) is 0 Å². The molecule has 0 aliphatic carbocycles. The smallest absolute Gasteiger partial charge is 0.407 e. The van der Waals surface area contributed by atoms with E-state index in [0.29, 0.717) is 13.2 Å². The van der Waals surface area contributed by atoms with Gasteiger partial charge in [-0.3, -0.25) is 0 Å². The first kappa shape index (κ1) is 15.2. The number of rotatable bonds is 8. The van der Waals surface area contributed by atoms with Crippen LogP contribution in [0.5, 0.6) is 0 Å². The molecule has 2 N–H and O–H groups in total. The fourth-order valence-corrected chi connectivity index (χ4v) is 1.19.